The van der Waals surface area contributed by atoms with Gasteiger partial charge in [-0.05, 0) is 27.3 Å². The highest BCUT2D eigenvalue weighted by Crippen LogP contribution is 2.21. The smallest absolute Gasteiger partial charge is 0.410 e. The van der Waals surface area contributed by atoms with Crippen molar-refractivity contribution in [1.82, 2.24) is 4.90 Å². The summed E-state index contributed by atoms with van der Waals surface area (Å²) < 4.78 is 18.4. The first-order valence-electron chi connectivity index (χ1n) is 5.15. The largest absolute Gasteiger partial charge is 0.444 e. The molecule has 1 unspecified atom stereocenters. The van der Waals surface area contributed by atoms with E-state index in [1.807, 2.05) is 0 Å². The van der Waals surface area contributed by atoms with Crippen LogP contribution in [0.2, 0.25) is 0 Å². The number of likely N-dealkylation sites (tertiary alicyclic amines) is 1. The summed E-state index contributed by atoms with van der Waals surface area (Å²) in [5.74, 6) is -0.252. The van der Waals surface area contributed by atoms with E-state index < -0.39 is 17.9 Å². The van der Waals surface area contributed by atoms with Gasteiger partial charge in [0.15, 0.2) is 0 Å². The number of alkyl halides is 1. The summed E-state index contributed by atoms with van der Waals surface area (Å²) >= 11 is 0. The molecular formula is C10H19FN2O2. The maximum Gasteiger partial charge on any atom is 0.410 e. The Bertz CT molecular complexity index is 240. The number of nitrogens with zero attached hydrogens (tertiary/aromatic N) is 1. The number of carbonyl (C=O) groups is 1. The first-order chi connectivity index (χ1) is 6.83. The molecule has 88 valence electrons. The van der Waals surface area contributed by atoms with Gasteiger partial charge in [-0.3, -0.25) is 0 Å². The molecule has 1 rings (SSSR count). The van der Waals surface area contributed by atoms with Crippen LogP contribution in [0.25, 0.3) is 0 Å². The molecule has 0 saturated carbocycles. The molecule has 0 spiro atoms. The van der Waals surface area contributed by atoms with Gasteiger partial charge in [0, 0.05) is 12.5 Å². The van der Waals surface area contributed by atoms with Crippen molar-refractivity contribution in [3.8, 4) is 0 Å². The van der Waals surface area contributed by atoms with E-state index in [4.69, 9.17) is 10.5 Å². The second-order valence-corrected chi connectivity index (χ2v) is 4.90. The van der Waals surface area contributed by atoms with Gasteiger partial charge in [-0.15, -0.1) is 0 Å². The highest BCUT2D eigenvalue weighted by atomic mass is 19.1. The summed E-state index contributed by atoms with van der Waals surface area (Å²) in [5, 5.41) is 0. The second kappa shape index (κ2) is 4.35. The van der Waals surface area contributed by atoms with E-state index in [-0.39, 0.29) is 19.0 Å². The summed E-state index contributed by atoms with van der Waals surface area (Å²) in [5.41, 5.74) is 4.86. The highest BCUT2D eigenvalue weighted by Gasteiger charge is 2.36. The van der Waals surface area contributed by atoms with Crippen molar-refractivity contribution in [3.05, 3.63) is 0 Å². The average Bonchev–Trinajstić information content (AvgIpc) is 2.43. The molecule has 4 nitrogen and oxygen atoms in total. The third kappa shape index (κ3) is 3.34. The molecule has 1 heterocycles. The van der Waals surface area contributed by atoms with Crippen LogP contribution in [0.5, 0.6) is 0 Å². The lowest BCUT2D eigenvalue weighted by Gasteiger charge is -2.24. The van der Waals surface area contributed by atoms with Crippen molar-refractivity contribution in [2.24, 2.45) is 11.7 Å². The van der Waals surface area contributed by atoms with E-state index in [9.17, 15) is 9.18 Å². The number of nitrogens with two attached hydrogens (primary N) is 1. The number of hydrogen-bond donors (Lipinski definition) is 1. The number of carbonyl (C=O) groups excluding carboxylic acids is 1. The van der Waals surface area contributed by atoms with Crippen molar-refractivity contribution in [1.29, 1.82) is 0 Å². The third-order valence-corrected chi connectivity index (χ3v) is 2.32. The Kier molecular flexibility index (Phi) is 3.54. The Morgan fingerprint density at radius 1 is 1.53 bits per heavy atom. The van der Waals surface area contributed by atoms with Crippen LogP contribution in [0.1, 0.15) is 20.8 Å². The Labute approximate surface area is 89.6 Å². The van der Waals surface area contributed by atoms with E-state index in [2.05, 4.69) is 0 Å². The first kappa shape index (κ1) is 12.2. The maximum atomic E-state index is 13.3. The lowest BCUT2D eigenvalue weighted by atomic mass is 10.1. The summed E-state index contributed by atoms with van der Waals surface area (Å²) in [4.78, 5) is 12.9. The molecule has 1 aliphatic rings. The van der Waals surface area contributed by atoms with Crippen LogP contribution in [-0.2, 0) is 4.74 Å². The predicted octanol–water partition coefficient (Wildman–Crippen LogP) is 1.15. The fourth-order valence-electron chi connectivity index (χ4n) is 1.53. The summed E-state index contributed by atoms with van der Waals surface area (Å²) in [6.07, 6.45) is -1.48. The van der Waals surface area contributed by atoms with E-state index in [1.165, 1.54) is 4.90 Å². The van der Waals surface area contributed by atoms with Gasteiger partial charge >= 0.3 is 6.09 Å². The quantitative estimate of drug-likeness (QED) is 0.718. The third-order valence-electron chi connectivity index (χ3n) is 2.32. The fraction of sp³-hybridized carbons (Fsp3) is 0.900. The van der Waals surface area contributed by atoms with E-state index >= 15 is 0 Å². The number of rotatable bonds is 1. The number of amides is 1. The molecule has 0 aliphatic carbocycles. The highest BCUT2D eigenvalue weighted by molar-refractivity contribution is 5.68. The molecule has 2 N–H and O–H groups in total. The lowest BCUT2D eigenvalue weighted by molar-refractivity contribution is 0.0281. The van der Waals surface area contributed by atoms with Crippen molar-refractivity contribution >= 4 is 6.09 Å². The number of hydrogen-bond acceptors (Lipinski definition) is 3. The monoisotopic (exact) mass is 218 g/mol. The maximum absolute atomic E-state index is 13.3. The SMILES string of the molecule is CC(C)(C)OC(=O)N1CC(CN)[C@H](F)C1. The Hall–Kier alpha value is -0.840. The van der Waals surface area contributed by atoms with Gasteiger partial charge in [-0.2, -0.15) is 0 Å². The molecule has 1 saturated heterocycles. The van der Waals surface area contributed by atoms with Crippen molar-refractivity contribution in [2.75, 3.05) is 19.6 Å². The van der Waals surface area contributed by atoms with Gasteiger partial charge in [0.2, 0.25) is 0 Å². The van der Waals surface area contributed by atoms with Crippen LogP contribution in [0.4, 0.5) is 9.18 Å². The molecule has 1 aliphatic heterocycles. The molecule has 15 heavy (non-hydrogen) atoms. The Morgan fingerprint density at radius 2 is 2.13 bits per heavy atom. The van der Waals surface area contributed by atoms with E-state index in [0.717, 1.165) is 0 Å². The van der Waals surface area contributed by atoms with Gasteiger partial charge in [0.05, 0.1) is 6.54 Å². The van der Waals surface area contributed by atoms with Gasteiger partial charge in [-0.25, -0.2) is 9.18 Å². The van der Waals surface area contributed by atoms with Crippen molar-refractivity contribution < 1.29 is 13.9 Å². The molecule has 0 aromatic carbocycles. The molecule has 0 bridgehead atoms. The van der Waals surface area contributed by atoms with Gasteiger partial charge in [0.1, 0.15) is 11.8 Å². The minimum Gasteiger partial charge on any atom is -0.444 e. The first-order valence-corrected chi connectivity index (χ1v) is 5.15. The van der Waals surface area contributed by atoms with Crippen LogP contribution >= 0.6 is 0 Å². The molecule has 0 aromatic rings. The Morgan fingerprint density at radius 3 is 2.53 bits per heavy atom. The summed E-state index contributed by atoms with van der Waals surface area (Å²) in [7, 11) is 0. The predicted molar refractivity (Wildman–Crippen MR) is 55.2 cm³/mol. The normalized spacial score (nSPS) is 26.9. The van der Waals surface area contributed by atoms with Crippen LogP contribution in [0, 0.1) is 5.92 Å². The molecular weight excluding hydrogens is 199 g/mol. The zero-order valence-corrected chi connectivity index (χ0v) is 9.50. The summed E-state index contributed by atoms with van der Waals surface area (Å²) in [6, 6.07) is 0. The zero-order valence-electron chi connectivity index (χ0n) is 9.50. The average molecular weight is 218 g/mol. The number of halogens is 1. The molecule has 0 aromatic heterocycles. The topological polar surface area (TPSA) is 55.6 Å². The van der Waals surface area contributed by atoms with Crippen LogP contribution in [-0.4, -0.2) is 42.4 Å². The molecule has 1 amide bonds. The minimum absolute atomic E-state index is 0.0940. The van der Waals surface area contributed by atoms with E-state index in [0.29, 0.717) is 6.54 Å². The zero-order chi connectivity index (χ0) is 11.6. The molecule has 5 heteroatoms. The molecule has 0 radical (unpaired) electrons. The molecule has 2 atom stereocenters. The van der Waals surface area contributed by atoms with Gasteiger partial charge < -0.3 is 15.4 Å². The standard InChI is InChI=1S/C10H19FN2O2/c1-10(2,3)15-9(14)13-5-7(4-12)8(11)6-13/h7-8H,4-6,12H2,1-3H3/t7?,8-/m1/s1. The van der Waals surface area contributed by atoms with Crippen molar-refractivity contribution in [2.45, 2.75) is 32.5 Å². The number of ether oxygens (including phenoxy) is 1. The fourth-order valence-corrected chi connectivity index (χ4v) is 1.53. The van der Waals surface area contributed by atoms with Crippen LogP contribution in [0.3, 0.4) is 0 Å². The lowest BCUT2D eigenvalue weighted by Crippen LogP contribution is -2.35. The van der Waals surface area contributed by atoms with Gasteiger partial charge in [-0.1, -0.05) is 0 Å². The van der Waals surface area contributed by atoms with Crippen LogP contribution in [0.15, 0.2) is 0 Å². The van der Waals surface area contributed by atoms with Crippen molar-refractivity contribution in [3.63, 3.8) is 0 Å². The van der Waals surface area contributed by atoms with Crippen LogP contribution < -0.4 is 5.73 Å². The van der Waals surface area contributed by atoms with E-state index in [1.54, 1.807) is 20.8 Å². The minimum atomic E-state index is -1.03. The second-order valence-electron chi connectivity index (χ2n) is 4.90. The van der Waals surface area contributed by atoms with Gasteiger partial charge in [0.25, 0.3) is 0 Å². The molecule has 1 fully saturated rings. The Balaban J connectivity index is 2.50. The summed E-state index contributed by atoms with van der Waals surface area (Å²) in [6.45, 7) is 6.07.